The van der Waals surface area contributed by atoms with Gasteiger partial charge in [0.1, 0.15) is 0 Å². The maximum Gasteiger partial charge on any atom is 0.255 e. The molecule has 1 unspecified atom stereocenters. The molecule has 0 N–H and O–H groups in total. The van der Waals surface area contributed by atoms with Crippen LogP contribution in [0.15, 0.2) is 48.5 Å². The highest BCUT2D eigenvalue weighted by Gasteiger charge is 2.62. The third kappa shape index (κ3) is 3.34. The van der Waals surface area contributed by atoms with Crippen LogP contribution in [0.5, 0.6) is 0 Å². The zero-order valence-electron chi connectivity index (χ0n) is 19.0. The molecule has 2 fully saturated rings. The standard InChI is InChI=1S/C26H28ClN3O3/c1-17(2)30-24(32)19-10-4-3-9-18(19)22(25(33)28-13-7-8-14-28)26(30)15-29(16-26)23(31)20-11-5-6-12-21(20)27/h3-6,9-12,17,22H,7-8,13-16H2,1-2H3. The molecule has 3 heterocycles. The third-order valence-electron chi connectivity index (χ3n) is 7.24. The van der Waals surface area contributed by atoms with Crippen molar-refractivity contribution in [3.63, 3.8) is 0 Å². The van der Waals surface area contributed by atoms with E-state index >= 15 is 0 Å². The first-order valence-electron chi connectivity index (χ1n) is 11.6. The summed E-state index contributed by atoms with van der Waals surface area (Å²) >= 11 is 6.28. The molecule has 2 aromatic rings. The van der Waals surface area contributed by atoms with Gasteiger partial charge in [-0.05, 0) is 50.5 Å². The molecule has 3 aliphatic heterocycles. The lowest BCUT2D eigenvalue weighted by atomic mass is 9.67. The Labute approximate surface area is 199 Å². The van der Waals surface area contributed by atoms with Crippen LogP contribution in [0.4, 0.5) is 0 Å². The van der Waals surface area contributed by atoms with Crippen LogP contribution in [0.2, 0.25) is 5.02 Å². The fourth-order valence-electron chi connectivity index (χ4n) is 5.83. The van der Waals surface area contributed by atoms with E-state index in [2.05, 4.69) is 0 Å². The molecule has 1 spiro atoms. The van der Waals surface area contributed by atoms with Crippen LogP contribution in [-0.2, 0) is 4.79 Å². The predicted octanol–water partition coefficient (Wildman–Crippen LogP) is 3.81. The van der Waals surface area contributed by atoms with Crippen LogP contribution in [0, 0.1) is 0 Å². The highest BCUT2D eigenvalue weighted by molar-refractivity contribution is 6.33. The first kappa shape index (κ1) is 22.0. The minimum absolute atomic E-state index is 0.0583. The number of carbonyl (C=O) groups is 3. The van der Waals surface area contributed by atoms with E-state index < -0.39 is 11.5 Å². The number of carbonyl (C=O) groups excluding carboxylic acids is 3. The van der Waals surface area contributed by atoms with Gasteiger partial charge >= 0.3 is 0 Å². The van der Waals surface area contributed by atoms with Gasteiger partial charge in [-0.2, -0.15) is 0 Å². The van der Waals surface area contributed by atoms with Gasteiger partial charge in [-0.15, -0.1) is 0 Å². The number of benzene rings is 2. The average molecular weight is 466 g/mol. The van der Waals surface area contributed by atoms with E-state index in [4.69, 9.17) is 11.6 Å². The van der Waals surface area contributed by atoms with Crippen molar-refractivity contribution in [2.75, 3.05) is 26.2 Å². The van der Waals surface area contributed by atoms with E-state index in [0.717, 1.165) is 31.5 Å². The lowest BCUT2D eigenvalue weighted by molar-refractivity contribution is -0.141. The Kier molecular flexibility index (Phi) is 5.44. The molecule has 0 radical (unpaired) electrons. The van der Waals surface area contributed by atoms with Gasteiger partial charge in [0.2, 0.25) is 5.91 Å². The van der Waals surface area contributed by atoms with Gasteiger partial charge < -0.3 is 14.7 Å². The van der Waals surface area contributed by atoms with Crippen LogP contribution in [0.1, 0.15) is 58.9 Å². The monoisotopic (exact) mass is 465 g/mol. The second-order valence-electron chi connectivity index (χ2n) is 9.57. The number of hydrogen-bond donors (Lipinski definition) is 0. The Morgan fingerprint density at radius 1 is 0.970 bits per heavy atom. The minimum Gasteiger partial charge on any atom is -0.342 e. The Hall–Kier alpha value is -2.86. The molecule has 172 valence electrons. The Balaban J connectivity index is 1.57. The molecular weight excluding hydrogens is 438 g/mol. The summed E-state index contributed by atoms with van der Waals surface area (Å²) in [5, 5.41) is 0.402. The summed E-state index contributed by atoms with van der Waals surface area (Å²) in [5.74, 6) is -0.685. The molecule has 0 saturated carbocycles. The first-order valence-corrected chi connectivity index (χ1v) is 12.0. The summed E-state index contributed by atoms with van der Waals surface area (Å²) in [6.45, 7) is 6.04. The second-order valence-corrected chi connectivity index (χ2v) is 9.97. The molecule has 33 heavy (non-hydrogen) atoms. The van der Waals surface area contributed by atoms with E-state index in [1.54, 1.807) is 29.2 Å². The number of fused-ring (bicyclic) bond motifs is 1. The molecule has 0 aromatic heterocycles. The van der Waals surface area contributed by atoms with E-state index in [0.29, 0.717) is 29.2 Å². The van der Waals surface area contributed by atoms with Gasteiger partial charge in [0.15, 0.2) is 0 Å². The molecule has 1 atom stereocenters. The lowest BCUT2D eigenvalue weighted by Gasteiger charge is -2.62. The second kappa shape index (κ2) is 8.17. The number of hydrogen-bond acceptors (Lipinski definition) is 3. The molecule has 7 heteroatoms. The molecule has 3 amide bonds. The highest BCUT2D eigenvalue weighted by Crippen LogP contribution is 2.49. The maximum absolute atomic E-state index is 13.9. The predicted molar refractivity (Wildman–Crippen MR) is 126 cm³/mol. The van der Waals surface area contributed by atoms with Crippen molar-refractivity contribution in [3.05, 3.63) is 70.2 Å². The van der Waals surface area contributed by atoms with E-state index in [1.807, 2.05) is 47.9 Å². The number of halogens is 1. The summed E-state index contributed by atoms with van der Waals surface area (Å²) < 4.78 is 0. The average Bonchev–Trinajstić information content (AvgIpc) is 3.31. The molecule has 5 rings (SSSR count). The fraction of sp³-hybridized carbons (Fsp3) is 0.423. The minimum atomic E-state index is -0.768. The fourth-order valence-corrected chi connectivity index (χ4v) is 6.05. The number of amides is 3. The quantitative estimate of drug-likeness (QED) is 0.692. The van der Waals surface area contributed by atoms with Crippen molar-refractivity contribution < 1.29 is 14.4 Å². The summed E-state index contributed by atoms with van der Waals surface area (Å²) in [6, 6.07) is 14.3. The van der Waals surface area contributed by atoms with Crippen molar-refractivity contribution in [1.82, 2.24) is 14.7 Å². The molecule has 0 bridgehead atoms. The van der Waals surface area contributed by atoms with E-state index in [1.165, 1.54) is 0 Å². The van der Waals surface area contributed by atoms with Gasteiger partial charge in [-0.25, -0.2) is 0 Å². The van der Waals surface area contributed by atoms with E-state index in [9.17, 15) is 14.4 Å². The van der Waals surface area contributed by atoms with Crippen molar-refractivity contribution in [2.45, 2.75) is 44.2 Å². The summed E-state index contributed by atoms with van der Waals surface area (Å²) in [4.78, 5) is 46.3. The van der Waals surface area contributed by atoms with Crippen molar-refractivity contribution >= 4 is 29.3 Å². The van der Waals surface area contributed by atoms with Crippen LogP contribution in [-0.4, -0.2) is 70.2 Å². The Bertz CT molecular complexity index is 1120. The van der Waals surface area contributed by atoms with Crippen LogP contribution in [0.25, 0.3) is 0 Å². The Morgan fingerprint density at radius 3 is 2.27 bits per heavy atom. The third-order valence-corrected chi connectivity index (χ3v) is 7.57. The molecule has 2 saturated heterocycles. The Morgan fingerprint density at radius 2 is 1.61 bits per heavy atom. The summed E-state index contributed by atoms with van der Waals surface area (Å²) in [7, 11) is 0. The normalized spacial score (nSPS) is 21.4. The maximum atomic E-state index is 13.9. The number of rotatable bonds is 3. The van der Waals surface area contributed by atoms with Crippen LogP contribution in [0.3, 0.4) is 0 Å². The smallest absolute Gasteiger partial charge is 0.255 e. The molecule has 6 nitrogen and oxygen atoms in total. The van der Waals surface area contributed by atoms with Crippen LogP contribution >= 0.6 is 11.6 Å². The van der Waals surface area contributed by atoms with Gasteiger partial charge in [-0.3, -0.25) is 14.4 Å². The lowest BCUT2D eigenvalue weighted by Crippen LogP contribution is -2.78. The first-order chi connectivity index (χ1) is 15.8. The van der Waals surface area contributed by atoms with Crippen molar-refractivity contribution in [3.8, 4) is 0 Å². The van der Waals surface area contributed by atoms with Gasteiger partial charge in [-0.1, -0.05) is 41.9 Å². The zero-order chi connectivity index (χ0) is 23.3. The van der Waals surface area contributed by atoms with Gasteiger partial charge in [0.05, 0.1) is 22.0 Å². The zero-order valence-corrected chi connectivity index (χ0v) is 19.7. The largest absolute Gasteiger partial charge is 0.342 e. The molecule has 0 aliphatic carbocycles. The number of likely N-dealkylation sites (tertiary alicyclic amines) is 2. The molecule has 2 aromatic carbocycles. The molecular formula is C26H28ClN3O3. The number of nitrogens with zero attached hydrogens (tertiary/aromatic N) is 3. The SMILES string of the molecule is CC(C)N1C(=O)c2ccccc2C(C(=O)N2CCCC2)C12CN(C(=O)c1ccccc1Cl)C2. The van der Waals surface area contributed by atoms with Gasteiger partial charge in [0, 0.05) is 37.8 Å². The van der Waals surface area contributed by atoms with E-state index in [-0.39, 0.29) is 23.8 Å². The highest BCUT2D eigenvalue weighted by atomic mass is 35.5. The van der Waals surface area contributed by atoms with Crippen molar-refractivity contribution in [1.29, 1.82) is 0 Å². The van der Waals surface area contributed by atoms with Crippen LogP contribution < -0.4 is 0 Å². The summed E-state index contributed by atoms with van der Waals surface area (Å²) in [6.07, 6.45) is 1.99. The topological polar surface area (TPSA) is 60.9 Å². The van der Waals surface area contributed by atoms with Crippen molar-refractivity contribution in [2.24, 2.45) is 0 Å². The van der Waals surface area contributed by atoms with Gasteiger partial charge in [0.25, 0.3) is 11.8 Å². The summed E-state index contributed by atoms with van der Waals surface area (Å²) in [5.41, 5.74) is 1.04. The molecule has 3 aliphatic rings.